The molecule has 96 valence electrons. The van der Waals surface area contributed by atoms with Crippen LogP contribution in [0.2, 0.25) is 0 Å². The Morgan fingerprint density at radius 3 is 2.44 bits per heavy atom. The van der Waals surface area contributed by atoms with Crippen LogP contribution in [0, 0.1) is 0 Å². The first kappa shape index (κ1) is 15.4. The number of nitrogens with two attached hydrogens (primary N) is 1. The highest BCUT2D eigenvalue weighted by Crippen LogP contribution is 2.15. The summed E-state index contributed by atoms with van der Waals surface area (Å²) in [6, 6.07) is 0.242. The van der Waals surface area contributed by atoms with E-state index in [0.29, 0.717) is 13.1 Å². The molecule has 0 aliphatic carbocycles. The minimum absolute atomic E-state index is 0.0741. The lowest BCUT2D eigenvalue weighted by atomic mass is 9.97. The highest BCUT2D eigenvalue weighted by Gasteiger charge is 2.26. The van der Waals surface area contributed by atoms with Crippen LogP contribution in [0.25, 0.3) is 0 Å². The third-order valence-corrected chi connectivity index (χ3v) is 3.52. The van der Waals surface area contributed by atoms with Crippen molar-refractivity contribution in [3.63, 3.8) is 0 Å². The van der Waals surface area contributed by atoms with E-state index in [-0.39, 0.29) is 17.5 Å². The Balaban J connectivity index is 4.22. The van der Waals surface area contributed by atoms with Gasteiger partial charge in [-0.05, 0) is 33.7 Å². The minimum atomic E-state index is -0.0905. The van der Waals surface area contributed by atoms with Crippen LogP contribution in [0.3, 0.4) is 0 Å². The quantitative estimate of drug-likeness (QED) is 0.683. The summed E-state index contributed by atoms with van der Waals surface area (Å²) in [5.74, 6) is 0.0741. The van der Waals surface area contributed by atoms with Gasteiger partial charge in [-0.3, -0.25) is 9.69 Å². The summed E-state index contributed by atoms with van der Waals surface area (Å²) in [5.41, 5.74) is 5.66. The molecule has 2 unspecified atom stereocenters. The number of likely N-dealkylation sites (N-methyl/N-ethyl adjacent to an activating group) is 1. The molecule has 0 aromatic rings. The smallest absolute Gasteiger partial charge is 0.234 e. The number of nitrogens with one attached hydrogen (secondary N) is 1. The first-order chi connectivity index (χ1) is 7.39. The van der Waals surface area contributed by atoms with Crippen molar-refractivity contribution in [1.29, 1.82) is 0 Å². The third-order valence-electron chi connectivity index (χ3n) is 3.52. The molecule has 1 amide bonds. The number of rotatable bonds is 7. The number of nitrogens with zero attached hydrogens (tertiary/aromatic N) is 1. The van der Waals surface area contributed by atoms with Crippen molar-refractivity contribution < 1.29 is 4.79 Å². The van der Waals surface area contributed by atoms with Crippen molar-refractivity contribution in [3.8, 4) is 0 Å². The highest BCUT2D eigenvalue weighted by molar-refractivity contribution is 5.78. The third kappa shape index (κ3) is 4.49. The van der Waals surface area contributed by atoms with E-state index in [1.807, 2.05) is 18.9 Å². The molecule has 0 spiro atoms. The van der Waals surface area contributed by atoms with Crippen LogP contribution in [0.15, 0.2) is 0 Å². The van der Waals surface area contributed by atoms with Gasteiger partial charge in [0.2, 0.25) is 5.91 Å². The van der Waals surface area contributed by atoms with Crippen LogP contribution in [-0.4, -0.2) is 42.5 Å². The van der Waals surface area contributed by atoms with Gasteiger partial charge in [-0.15, -0.1) is 0 Å². The molecule has 0 heterocycles. The van der Waals surface area contributed by atoms with Crippen LogP contribution in [0.5, 0.6) is 0 Å². The van der Waals surface area contributed by atoms with Gasteiger partial charge >= 0.3 is 0 Å². The van der Waals surface area contributed by atoms with Gasteiger partial charge in [0, 0.05) is 18.1 Å². The Labute approximate surface area is 99.6 Å². The van der Waals surface area contributed by atoms with E-state index in [0.717, 1.165) is 12.8 Å². The Morgan fingerprint density at radius 1 is 1.50 bits per heavy atom. The van der Waals surface area contributed by atoms with Crippen LogP contribution < -0.4 is 11.1 Å². The van der Waals surface area contributed by atoms with Gasteiger partial charge in [0.05, 0.1) is 6.54 Å². The zero-order valence-corrected chi connectivity index (χ0v) is 11.3. The molecule has 4 heteroatoms. The Morgan fingerprint density at radius 2 is 2.06 bits per heavy atom. The lowest BCUT2D eigenvalue weighted by Crippen LogP contribution is -2.53. The molecular weight excluding hydrogens is 202 g/mol. The van der Waals surface area contributed by atoms with Gasteiger partial charge in [-0.2, -0.15) is 0 Å². The van der Waals surface area contributed by atoms with Crippen LogP contribution in [-0.2, 0) is 4.79 Å². The summed E-state index contributed by atoms with van der Waals surface area (Å²) in [4.78, 5) is 13.7. The SMILES string of the molecule is CCC(C)NC(=O)CN(C)C(C)(CC)CN. The van der Waals surface area contributed by atoms with Gasteiger partial charge in [0.15, 0.2) is 0 Å². The molecule has 0 bridgehead atoms. The molecule has 0 saturated heterocycles. The van der Waals surface area contributed by atoms with Gasteiger partial charge in [0.1, 0.15) is 0 Å². The monoisotopic (exact) mass is 229 g/mol. The molecule has 0 aliphatic rings. The van der Waals surface area contributed by atoms with Crippen LogP contribution in [0.4, 0.5) is 0 Å². The molecule has 0 aliphatic heterocycles. The molecule has 16 heavy (non-hydrogen) atoms. The van der Waals surface area contributed by atoms with Crippen molar-refractivity contribution in [2.75, 3.05) is 20.1 Å². The lowest BCUT2D eigenvalue weighted by molar-refractivity contribution is -0.123. The van der Waals surface area contributed by atoms with Gasteiger partial charge < -0.3 is 11.1 Å². The summed E-state index contributed by atoms with van der Waals surface area (Å²) < 4.78 is 0. The van der Waals surface area contributed by atoms with Crippen LogP contribution >= 0.6 is 0 Å². The zero-order chi connectivity index (χ0) is 12.8. The Kier molecular flexibility index (Phi) is 6.60. The molecule has 2 atom stereocenters. The standard InChI is InChI=1S/C12H27N3O/c1-6-10(3)14-11(16)8-15(5)12(4,7-2)9-13/h10H,6-9,13H2,1-5H3,(H,14,16). The van der Waals surface area contributed by atoms with Crippen molar-refractivity contribution in [2.24, 2.45) is 5.73 Å². The molecule has 3 N–H and O–H groups in total. The van der Waals surface area contributed by atoms with Crippen molar-refractivity contribution in [3.05, 3.63) is 0 Å². The molecule has 0 aromatic heterocycles. The predicted molar refractivity (Wildman–Crippen MR) is 68.3 cm³/mol. The summed E-state index contributed by atoms with van der Waals surface area (Å²) >= 11 is 0. The molecular formula is C12H27N3O. The van der Waals surface area contributed by atoms with Gasteiger partial charge in [0.25, 0.3) is 0 Å². The number of carbonyl (C=O) groups excluding carboxylic acids is 1. The second-order valence-corrected chi connectivity index (χ2v) is 4.79. The maximum atomic E-state index is 11.7. The summed E-state index contributed by atoms with van der Waals surface area (Å²) in [7, 11) is 1.95. The molecule has 0 radical (unpaired) electrons. The van der Waals surface area contributed by atoms with Crippen molar-refractivity contribution >= 4 is 5.91 Å². The average Bonchev–Trinajstić information content (AvgIpc) is 2.27. The first-order valence-electron chi connectivity index (χ1n) is 6.10. The normalized spacial score (nSPS) is 16.9. The fourth-order valence-corrected chi connectivity index (χ4v) is 1.40. The van der Waals surface area contributed by atoms with Gasteiger partial charge in [-0.1, -0.05) is 13.8 Å². The molecule has 0 saturated carbocycles. The lowest BCUT2D eigenvalue weighted by Gasteiger charge is -2.37. The van der Waals surface area contributed by atoms with Crippen molar-refractivity contribution in [1.82, 2.24) is 10.2 Å². The van der Waals surface area contributed by atoms with E-state index >= 15 is 0 Å². The van der Waals surface area contributed by atoms with E-state index in [9.17, 15) is 4.79 Å². The maximum absolute atomic E-state index is 11.7. The largest absolute Gasteiger partial charge is 0.353 e. The summed E-state index contributed by atoms with van der Waals surface area (Å²) in [6.45, 7) is 9.23. The molecule has 0 rings (SSSR count). The van der Waals surface area contributed by atoms with E-state index in [1.165, 1.54) is 0 Å². The predicted octanol–water partition coefficient (Wildman–Crippen LogP) is 0.960. The Bertz CT molecular complexity index is 214. The number of hydrogen-bond acceptors (Lipinski definition) is 3. The number of carbonyl (C=O) groups is 1. The Hall–Kier alpha value is -0.610. The highest BCUT2D eigenvalue weighted by atomic mass is 16.2. The minimum Gasteiger partial charge on any atom is -0.353 e. The van der Waals surface area contributed by atoms with Crippen LogP contribution in [0.1, 0.15) is 40.5 Å². The van der Waals surface area contributed by atoms with Gasteiger partial charge in [-0.25, -0.2) is 0 Å². The van der Waals surface area contributed by atoms with E-state index in [2.05, 4.69) is 26.1 Å². The van der Waals surface area contributed by atoms with Crippen molar-refractivity contribution in [2.45, 2.75) is 52.1 Å². The number of amides is 1. The average molecular weight is 229 g/mol. The fourth-order valence-electron chi connectivity index (χ4n) is 1.40. The second-order valence-electron chi connectivity index (χ2n) is 4.79. The second kappa shape index (κ2) is 6.86. The zero-order valence-electron chi connectivity index (χ0n) is 11.3. The number of hydrogen-bond donors (Lipinski definition) is 2. The topological polar surface area (TPSA) is 58.4 Å². The van der Waals surface area contributed by atoms with E-state index in [1.54, 1.807) is 0 Å². The summed E-state index contributed by atoms with van der Waals surface area (Å²) in [5, 5.41) is 2.96. The molecule has 0 fully saturated rings. The maximum Gasteiger partial charge on any atom is 0.234 e. The molecule has 0 aromatic carbocycles. The summed E-state index contributed by atoms with van der Waals surface area (Å²) in [6.07, 6.45) is 1.90. The fraction of sp³-hybridized carbons (Fsp3) is 0.917. The van der Waals surface area contributed by atoms with E-state index < -0.39 is 0 Å². The first-order valence-corrected chi connectivity index (χ1v) is 6.10. The molecule has 4 nitrogen and oxygen atoms in total. The van der Waals surface area contributed by atoms with E-state index in [4.69, 9.17) is 5.73 Å².